The van der Waals surface area contributed by atoms with Crippen LogP contribution >= 0.6 is 0 Å². The molecule has 2 aliphatic heterocycles. The van der Waals surface area contributed by atoms with E-state index in [4.69, 9.17) is 4.74 Å². The van der Waals surface area contributed by atoms with Gasteiger partial charge in [-0.2, -0.15) is 0 Å². The highest BCUT2D eigenvalue weighted by molar-refractivity contribution is 5.45. The van der Waals surface area contributed by atoms with Crippen LogP contribution in [-0.4, -0.2) is 30.6 Å². The van der Waals surface area contributed by atoms with Gasteiger partial charge in [-0.15, -0.1) is 0 Å². The Morgan fingerprint density at radius 3 is 2.33 bits per heavy atom. The molecule has 0 spiro atoms. The van der Waals surface area contributed by atoms with Gasteiger partial charge in [0.25, 0.3) is 0 Å². The molecule has 5 rings (SSSR count). The molecule has 1 fully saturated rings. The first kappa shape index (κ1) is 14.4. The second-order valence-electron chi connectivity index (χ2n) is 7.29. The van der Waals surface area contributed by atoms with Gasteiger partial charge >= 0.3 is 0 Å². The van der Waals surface area contributed by atoms with Crippen molar-refractivity contribution in [3.05, 3.63) is 82.9 Å². The number of nitrogens with zero attached hydrogens (tertiary/aromatic N) is 1. The van der Waals surface area contributed by atoms with E-state index in [2.05, 4.69) is 65.6 Å². The van der Waals surface area contributed by atoms with Crippen molar-refractivity contribution < 1.29 is 4.74 Å². The molecular formula is C22H23NO. The third-order valence-corrected chi connectivity index (χ3v) is 5.77. The van der Waals surface area contributed by atoms with Crippen LogP contribution in [0.5, 0.6) is 0 Å². The van der Waals surface area contributed by atoms with Crippen molar-refractivity contribution >= 4 is 0 Å². The lowest BCUT2D eigenvalue weighted by atomic mass is 9.87. The average Bonchev–Trinajstić information content (AvgIpc) is 3.24. The summed E-state index contributed by atoms with van der Waals surface area (Å²) in [6.45, 7) is 3.19. The maximum atomic E-state index is 6.62. The van der Waals surface area contributed by atoms with Crippen LogP contribution in [-0.2, 0) is 11.2 Å². The molecule has 3 atom stereocenters. The second-order valence-corrected chi connectivity index (χ2v) is 7.29. The minimum absolute atomic E-state index is 0.213. The van der Waals surface area contributed by atoms with E-state index in [0.717, 1.165) is 32.5 Å². The fourth-order valence-electron chi connectivity index (χ4n) is 4.66. The van der Waals surface area contributed by atoms with E-state index in [1.54, 1.807) is 0 Å². The molecule has 0 aromatic heterocycles. The molecule has 2 heteroatoms. The predicted octanol–water partition coefficient (Wildman–Crippen LogP) is 4.08. The van der Waals surface area contributed by atoms with E-state index in [-0.39, 0.29) is 6.10 Å². The zero-order chi connectivity index (χ0) is 15.9. The molecule has 2 aromatic carbocycles. The fraction of sp³-hybridized carbons (Fsp3) is 0.364. The van der Waals surface area contributed by atoms with Gasteiger partial charge in [0, 0.05) is 25.6 Å². The van der Waals surface area contributed by atoms with Gasteiger partial charge in [0.05, 0.1) is 12.2 Å². The first-order chi connectivity index (χ1) is 11.9. The molecule has 0 radical (unpaired) electrons. The molecule has 2 aromatic rings. The Labute approximate surface area is 143 Å². The minimum Gasteiger partial charge on any atom is -0.368 e. The number of rotatable bonds is 2. The summed E-state index contributed by atoms with van der Waals surface area (Å²) in [6, 6.07) is 17.8. The van der Waals surface area contributed by atoms with Crippen molar-refractivity contribution in [2.24, 2.45) is 0 Å². The van der Waals surface area contributed by atoms with Crippen molar-refractivity contribution in [2.45, 2.75) is 31.0 Å². The van der Waals surface area contributed by atoms with E-state index < -0.39 is 0 Å². The lowest BCUT2D eigenvalue weighted by Gasteiger charge is -2.21. The van der Waals surface area contributed by atoms with Gasteiger partial charge in [-0.25, -0.2) is 0 Å². The number of hydrogen-bond donors (Lipinski definition) is 0. The van der Waals surface area contributed by atoms with E-state index >= 15 is 0 Å². The number of fused-ring (bicyclic) bond motifs is 5. The monoisotopic (exact) mass is 317 g/mol. The highest BCUT2D eigenvalue weighted by Crippen LogP contribution is 2.49. The molecule has 0 amide bonds. The molecule has 3 aliphatic rings. The number of hydrogen-bond acceptors (Lipinski definition) is 2. The Hall–Kier alpha value is -1.90. The molecule has 122 valence electrons. The van der Waals surface area contributed by atoms with Crippen LogP contribution in [0.1, 0.15) is 40.7 Å². The zero-order valence-electron chi connectivity index (χ0n) is 13.9. The van der Waals surface area contributed by atoms with Crippen LogP contribution < -0.4 is 0 Å². The molecule has 0 N–H and O–H groups in total. The molecule has 0 saturated carbocycles. The van der Waals surface area contributed by atoms with Gasteiger partial charge in [0.2, 0.25) is 0 Å². The van der Waals surface area contributed by atoms with Crippen molar-refractivity contribution in [2.75, 3.05) is 19.6 Å². The van der Waals surface area contributed by atoms with Crippen molar-refractivity contribution in [3.8, 4) is 0 Å². The predicted molar refractivity (Wildman–Crippen MR) is 96.2 cm³/mol. The van der Waals surface area contributed by atoms with Gasteiger partial charge in [-0.05, 0) is 35.1 Å². The minimum atomic E-state index is 0.213. The normalized spacial score (nSPS) is 28.2. The SMILES string of the molecule is C1=CCN(CC2CC3c4ccccc4Cc4ccccc4C3O2)C1. The summed E-state index contributed by atoms with van der Waals surface area (Å²) in [5, 5.41) is 0. The molecule has 1 aliphatic carbocycles. The highest BCUT2D eigenvalue weighted by Gasteiger charge is 2.40. The number of benzene rings is 2. The molecule has 0 bridgehead atoms. The Morgan fingerprint density at radius 1 is 0.875 bits per heavy atom. The summed E-state index contributed by atoms with van der Waals surface area (Å²) in [4.78, 5) is 2.48. The highest BCUT2D eigenvalue weighted by atomic mass is 16.5. The summed E-state index contributed by atoms with van der Waals surface area (Å²) in [5.41, 5.74) is 5.81. The summed E-state index contributed by atoms with van der Waals surface area (Å²) in [6.07, 6.45) is 7.23. The summed E-state index contributed by atoms with van der Waals surface area (Å²) >= 11 is 0. The lowest BCUT2D eigenvalue weighted by Crippen LogP contribution is -2.30. The summed E-state index contributed by atoms with van der Waals surface area (Å²) < 4.78 is 6.62. The second kappa shape index (κ2) is 5.87. The van der Waals surface area contributed by atoms with Crippen molar-refractivity contribution in [1.82, 2.24) is 4.90 Å². The van der Waals surface area contributed by atoms with Gasteiger partial charge < -0.3 is 4.74 Å². The van der Waals surface area contributed by atoms with Gasteiger partial charge in [-0.1, -0.05) is 60.7 Å². The van der Waals surface area contributed by atoms with E-state index in [1.165, 1.54) is 22.3 Å². The van der Waals surface area contributed by atoms with E-state index in [1.807, 2.05) is 0 Å². The van der Waals surface area contributed by atoms with Crippen LogP contribution in [0.15, 0.2) is 60.7 Å². The summed E-state index contributed by atoms with van der Waals surface area (Å²) in [7, 11) is 0. The molecule has 2 heterocycles. The van der Waals surface area contributed by atoms with Crippen LogP contribution in [0.25, 0.3) is 0 Å². The van der Waals surface area contributed by atoms with Crippen LogP contribution in [0, 0.1) is 0 Å². The lowest BCUT2D eigenvalue weighted by molar-refractivity contribution is 0.0240. The third kappa shape index (κ3) is 2.42. The Balaban J connectivity index is 1.51. The quantitative estimate of drug-likeness (QED) is 0.774. The average molecular weight is 317 g/mol. The summed E-state index contributed by atoms with van der Waals surface area (Å²) in [5.74, 6) is 0.491. The number of ether oxygens (including phenoxy) is 1. The van der Waals surface area contributed by atoms with Crippen LogP contribution in [0.3, 0.4) is 0 Å². The van der Waals surface area contributed by atoms with Crippen LogP contribution in [0.4, 0.5) is 0 Å². The largest absolute Gasteiger partial charge is 0.368 e. The molecule has 1 saturated heterocycles. The smallest absolute Gasteiger partial charge is 0.0901 e. The maximum absolute atomic E-state index is 6.62. The Kier molecular flexibility index (Phi) is 3.53. The molecule has 3 unspecified atom stereocenters. The van der Waals surface area contributed by atoms with Crippen molar-refractivity contribution in [1.29, 1.82) is 0 Å². The topological polar surface area (TPSA) is 12.5 Å². The zero-order valence-corrected chi connectivity index (χ0v) is 13.9. The van der Waals surface area contributed by atoms with Gasteiger partial charge in [-0.3, -0.25) is 4.90 Å². The first-order valence-electron chi connectivity index (χ1n) is 9.07. The Morgan fingerprint density at radius 2 is 1.54 bits per heavy atom. The van der Waals surface area contributed by atoms with Crippen LogP contribution in [0.2, 0.25) is 0 Å². The third-order valence-electron chi connectivity index (χ3n) is 5.77. The maximum Gasteiger partial charge on any atom is 0.0901 e. The standard InChI is InChI=1S/C22H23NO/c1-3-9-19-16(7-1)13-17-8-2-4-10-20(17)22-21(19)14-18(24-22)15-23-11-5-6-12-23/h1-10,18,21-22H,11-15H2. The molecule has 24 heavy (non-hydrogen) atoms. The van der Waals surface area contributed by atoms with Crippen molar-refractivity contribution in [3.63, 3.8) is 0 Å². The van der Waals surface area contributed by atoms with E-state index in [0.29, 0.717) is 12.0 Å². The van der Waals surface area contributed by atoms with E-state index in [9.17, 15) is 0 Å². The molecule has 2 nitrogen and oxygen atoms in total. The van der Waals surface area contributed by atoms with Gasteiger partial charge in [0.15, 0.2) is 0 Å². The van der Waals surface area contributed by atoms with Gasteiger partial charge in [0.1, 0.15) is 0 Å². The Bertz CT molecular complexity index is 720. The fourth-order valence-corrected chi connectivity index (χ4v) is 4.66. The first-order valence-corrected chi connectivity index (χ1v) is 9.07. The molecular weight excluding hydrogens is 294 g/mol.